The highest BCUT2D eigenvalue weighted by atomic mass is 16.5. The molecule has 6 heteroatoms. The van der Waals surface area contributed by atoms with Gasteiger partial charge in [0.25, 0.3) is 0 Å². The van der Waals surface area contributed by atoms with Gasteiger partial charge in [0.2, 0.25) is 5.95 Å². The van der Waals surface area contributed by atoms with Crippen LogP contribution in [0.5, 0.6) is 0 Å². The molecule has 0 radical (unpaired) electrons. The lowest BCUT2D eigenvalue weighted by atomic mass is 10.3. The first-order valence-electron chi connectivity index (χ1n) is 7.19. The normalized spacial score (nSPS) is 16.1. The van der Waals surface area contributed by atoms with E-state index >= 15 is 0 Å². The molecule has 0 aliphatic carbocycles. The zero-order chi connectivity index (χ0) is 14.2. The molecule has 0 amide bonds. The van der Waals surface area contributed by atoms with Gasteiger partial charge in [-0.2, -0.15) is 0 Å². The molecular weight excluding hydrogens is 256 g/mol. The Morgan fingerprint density at radius 3 is 2.60 bits per heavy atom. The fourth-order valence-corrected chi connectivity index (χ4v) is 2.12. The number of carbonyl (C=O) groups is 1. The third-order valence-corrected chi connectivity index (χ3v) is 3.32. The van der Waals surface area contributed by atoms with Gasteiger partial charge in [-0.05, 0) is 12.5 Å². The molecule has 1 fully saturated rings. The molecule has 110 valence electrons. The smallest absolute Gasteiger partial charge is 0.320 e. The van der Waals surface area contributed by atoms with Gasteiger partial charge in [0, 0.05) is 38.6 Å². The average molecular weight is 278 g/mol. The van der Waals surface area contributed by atoms with Crippen molar-refractivity contribution in [1.82, 2.24) is 14.9 Å². The Kier molecular flexibility index (Phi) is 5.73. The van der Waals surface area contributed by atoms with E-state index in [9.17, 15) is 4.79 Å². The Morgan fingerprint density at radius 2 is 1.95 bits per heavy atom. The van der Waals surface area contributed by atoms with E-state index in [1.807, 2.05) is 6.07 Å². The summed E-state index contributed by atoms with van der Waals surface area (Å²) in [5.41, 5.74) is 0. The number of hydrogen-bond acceptors (Lipinski definition) is 6. The molecule has 1 saturated heterocycles. The molecule has 1 aliphatic heterocycles. The van der Waals surface area contributed by atoms with Crippen LogP contribution in [0.2, 0.25) is 0 Å². The molecule has 20 heavy (non-hydrogen) atoms. The van der Waals surface area contributed by atoms with Crippen LogP contribution < -0.4 is 4.90 Å². The summed E-state index contributed by atoms with van der Waals surface area (Å²) >= 11 is 0. The van der Waals surface area contributed by atoms with Crippen molar-refractivity contribution in [2.45, 2.75) is 19.8 Å². The topological polar surface area (TPSA) is 58.6 Å². The largest absolute Gasteiger partial charge is 0.465 e. The molecular formula is C14H22N4O2. The molecule has 0 atom stereocenters. The second-order valence-electron chi connectivity index (χ2n) is 4.89. The minimum absolute atomic E-state index is 0.122. The molecule has 0 bridgehead atoms. The third-order valence-electron chi connectivity index (χ3n) is 3.32. The Bertz CT molecular complexity index is 405. The van der Waals surface area contributed by atoms with Crippen LogP contribution in [0.3, 0.4) is 0 Å². The number of hydrogen-bond donors (Lipinski definition) is 0. The highest BCUT2D eigenvalue weighted by Crippen LogP contribution is 2.09. The zero-order valence-electron chi connectivity index (χ0n) is 12.0. The zero-order valence-corrected chi connectivity index (χ0v) is 12.0. The Labute approximate surface area is 119 Å². The second-order valence-corrected chi connectivity index (χ2v) is 4.89. The summed E-state index contributed by atoms with van der Waals surface area (Å²) in [6.07, 6.45) is 5.48. The maximum atomic E-state index is 11.6. The molecule has 2 heterocycles. The van der Waals surface area contributed by atoms with E-state index < -0.39 is 0 Å². The number of ether oxygens (including phenoxy) is 1. The van der Waals surface area contributed by atoms with Crippen LogP contribution in [-0.4, -0.2) is 60.2 Å². The first-order chi connectivity index (χ1) is 9.79. The van der Waals surface area contributed by atoms with Crippen molar-refractivity contribution in [3.05, 3.63) is 18.5 Å². The predicted molar refractivity (Wildman–Crippen MR) is 76.6 cm³/mol. The Hall–Kier alpha value is -1.69. The van der Waals surface area contributed by atoms with Crippen LogP contribution in [0, 0.1) is 0 Å². The predicted octanol–water partition coefficient (Wildman–Crippen LogP) is 0.942. The summed E-state index contributed by atoms with van der Waals surface area (Å²) < 4.78 is 5.18. The molecule has 0 saturated carbocycles. The summed E-state index contributed by atoms with van der Waals surface area (Å²) in [6.45, 7) is 6.35. The number of piperazine rings is 1. The monoisotopic (exact) mass is 278 g/mol. The van der Waals surface area contributed by atoms with Crippen LogP contribution >= 0.6 is 0 Å². The summed E-state index contributed by atoms with van der Waals surface area (Å²) in [6, 6.07) is 1.81. The second kappa shape index (κ2) is 7.79. The van der Waals surface area contributed by atoms with Crippen molar-refractivity contribution in [2.24, 2.45) is 0 Å². The van der Waals surface area contributed by atoms with Crippen LogP contribution in [0.1, 0.15) is 19.8 Å². The number of esters is 1. The van der Waals surface area contributed by atoms with Crippen molar-refractivity contribution in [2.75, 3.05) is 44.2 Å². The number of nitrogens with zero attached hydrogens (tertiary/aromatic N) is 4. The lowest BCUT2D eigenvalue weighted by Crippen LogP contribution is -2.48. The summed E-state index contributed by atoms with van der Waals surface area (Å²) in [5, 5.41) is 0. The van der Waals surface area contributed by atoms with E-state index in [4.69, 9.17) is 4.74 Å². The number of aromatic nitrogens is 2. The maximum Gasteiger partial charge on any atom is 0.320 e. The first kappa shape index (κ1) is 14.7. The van der Waals surface area contributed by atoms with Crippen molar-refractivity contribution in [3.63, 3.8) is 0 Å². The number of carbonyl (C=O) groups excluding carboxylic acids is 1. The van der Waals surface area contributed by atoms with E-state index in [1.165, 1.54) is 0 Å². The van der Waals surface area contributed by atoms with E-state index in [0.29, 0.717) is 13.2 Å². The van der Waals surface area contributed by atoms with Crippen LogP contribution in [-0.2, 0) is 9.53 Å². The lowest BCUT2D eigenvalue weighted by Gasteiger charge is -2.33. The molecule has 1 aliphatic rings. The Morgan fingerprint density at radius 1 is 1.25 bits per heavy atom. The van der Waals surface area contributed by atoms with Gasteiger partial charge in [0.1, 0.15) is 0 Å². The van der Waals surface area contributed by atoms with Gasteiger partial charge in [-0.15, -0.1) is 0 Å². The van der Waals surface area contributed by atoms with Crippen molar-refractivity contribution in [3.8, 4) is 0 Å². The van der Waals surface area contributed by atoms with Crippen molar-refractivity contribution >= 4 is 11.9 Å². The summed E-state index contributed by atoms with van der Waals surface area (Å²) in [5.74, 6) is 0.639. The quantitative estimate of drug-likeness (QED) is 0.570. The number of unbranched alkanes of at least 4 members (excludes halogenated alkanes) is 1. The number of anilines is 1. The minimum atomic E-state index is -0.122. The van der Waals surface area contributed by atoms with Crippen LogP contribution in [0.4, 0.5) is 5.95 Å². The maximum absolute atomic E-state index is 11.6. The molecule has 1 aromatic rings. The fraction of sp³-hybridized carbons (Fsp3) is 0.643. The van der Waals surface area contributed by atoms with Gasteiger partial charge in [-0.25, -0.2) is 9.97 Å². The highest BCUT2D eigenvalue weighted by molar-refractivity contribution is 5.71. The summed E-state index contributed by atoms with van der Waals surface area (Å²) in [4.78, 5) is 24.4. The van der Waals surface area contributed by atoms with E-state index in [-0.39, 0.29) is 5.97 Å². The third kappa shape index (κ3) is 4.45. The van der Waals surface area contributed by atoms with Gasteiger partial charge < -0.3 is 9.64 Å². The van der Waals surface area contributed by atoms with Crippen LogP contribution in [0.25, 0.3) is 0 Å². The minimum Gasteiger partial charge on any atom is -0.465 e. The van der Waals surface area contributed by atoms with Crippen molar-refractivity contribution in [1.29, 1.82) is 0 Å². The lowest BCUT2D eigenvalue weighted by molar-refractivity contribution is -0.145. The molecule has 0 unspecified atom stereocenters. The van der Waals surface area contributed by atoms with Gasteiger partial charge >= 0.3 is 5.97 Å². The van der Waals surface area contributed by atoms with Gasteiger partial charge in [-0.3, -0.25) is 9.69 Å². The first-order valence-corrected chi connectivity index (χ1v) is 7.19. The molecule has 0 spiro atoms. The van der Waals surface area contributed by atoms with E-state index in [2.05, 4.69) is 26.7 Å². The SMILES string of the molecule is CCCCOC(=O)CN1CCN(c2ncccn2)CC1. The van der Waals surface area contributed by atoms with Crippen LogP contribution in [0.15, 0.2) is 18.5 Å². The van der Waals surface area contributed by atoms with Gasteiger partial charge in [-0.1, -0.05) is 13.3 Å². The summed E-state index contributed by atoms with van der Waals surface area (Å²) in [7, 11) is 0. The molecule has 2 rings (SSSR count). The molecule has 0 N–H and O–H groups in total. The van der Waals surface area contributed by atoms with E-state index in [0.717, 1.165) is 45.0 Å². The molecule has 0 aromatic carbocycles. The highest BCUT2D eigenvalue weighted by Gasteiger charge is 2.20. The van der Waals surface area contributed by atoms with Crippen molar-refractivity contribution < 1.29 is 9.53 Å². The molecule has 1 aromatic heterocycles. The Balaban J connectivity index is 1.70. The van der Waals surface area contributed by atoms with Gasteiger partial charge in [0.15, 0.2) is 0 Å². The fourth-order valence-electron chi connectivity index (χ4n) is 2.12. The van der Waals surface area contributed by atoms with E-state index in [1.54, 1.807) is 12.4 Å². The number of rotatable bonds is 6. The standard InChI is InChI=1S/C14H22N4O2/c1-2-3-11-20-13(19)12-17-7-9-18(10-8-17)14-15-5-4-6-16-14/h4-6H,2-3,7-12H2,1H3. The molecule has 6 nitrogen and oxygen atoms in total. The average Bonchev–Trinajstić information content (AvgIpc) is 2.49. The van der Waals surface area contributed by atoms with Gasteiger partial charge in [0.05, 0.1) is 13.2 Å².